The second-order valence-electron chi connectivity index (χ2n) is 3.65. The maximum Gasteiger partial charge on any atom is 0.144 e. The number of halogens is 1. The molecule has 0 aromatic carbocycles. The fourth-order valence-corrected chi connectivity index (χ4v) is 1.42. The van der Waals surface area contributed by atoms with Gasteiger partial charge in [0.15, 0.2) is 0 Å². The minimum Gasteiger partial charge on any atom is -0.369 e. The molecule has 0 aliphatic carbocycles. The molecular formula is C10H17BrN4. The average molecular weight is 273 g/mol. The van der Waals surface area contributed by atoms with Gasteiger partial charge in [-0.1, -0.05) is 13.8 Å². The summed E-state index contributed by atoms with van der Waals surface area (Å²) in [4.78, 5) is 8.68. The zero-order chi connectivity index (χ0) is 11.3. The van der Waals surface area contributed by atoms with Crippen LogP contribution >= 0.6 is 15.9 Å². The molecule has 0 saturated heterocycles. The van der Waals surface area contributed by atoms with E-state index in [1.807, 2.05) is 0 Å². The Labute approximate surface area is 98.8 Å². The Morgan fingerprint density at radius 2 is 2.27 bits per heavy atom. The number of hydrogen-bond acceptors (Lipinski definition) is 4. The third kappa shape index (κ3) is 3.76. The Bertz CT molecular complexity index is 314. The van der Waals surface area contributed by atoms with Gasteiger partial charge in [0, 0.05) is 18.7 Å². The zero-order valence-electron chi connectivity index (χ0n) is 9.13. The molecule has 0 radical (unpaired) electrons. The first-order valence-corrected chi connectivity index (χ1v) is 5.90. The van der Waals surface area contributed by atoms with Crippen LogP contribution in [0.25, 0.3) is 0 Å². The highest BCUT2D eigenvalue weighted by atomic mass is 79.9. The van der Waals surface area contributed by atoms with E-state index in [4.69, 9.17) is 5.73 Å². The monoisotopic (exact) mass is 272 g/mol. The van der Waals surface area contributed by atoms with E-state index in [2.05, 4.69) is 45.1 Å². The first-order chi connectivity index (χ1) is 7.15. The van der Waals surface area contributed by atoms with E-state index in [9.17, 15) is 0 Å². The average Bonchev–Trinajstić information content (AvgIpc) is 2.20. The van der Waals surface area contributed by atoms with E-state index in [-0.39, 0.29) is 0 Å². The van der Waals surface area contributed by atoms with Crippen LogP contribution in [0.2, 0.25) is 0 Å². The Balaban J connectivity index is 2.72. The molecule has 15 heavy (non-hydrogen) atoms. The van der Waals surface area contributed by atoms with E-state index in [1.54, 1.807) is 6.20 Å². The van der Waals surface area contributed by atoms with Gasteiger partial charge in [-0.2, -0.15) is 0 Å². The van der Waals surface area contributed by atoms with Crippen molar-refractivity contribution >= 4 is 21.7 Å². The number of aromatic nitrogens is 2. The second kappa shape index (κ2) is 6.02. The van der Waals surface area contributed by atoms with Crippen molar-refractivity contribution in [1.29, 1.82) is 0 Å². The molecule has 5 heteroatoms. The number of anilines is 1. The molecule has 0 bridgehead atoms. The molecule has 0 aliphatic heterocycles. The minimum atomic E-state index is 0.341. The summed E-state index contributed by atoms with van der Waals surface area (Å²) in [6.45, 7) is 5.68. The van der Waals surface area contributed by atoms with Crippen molar-refractivity contribution in [2.75, 3.05) is 18.4 Å². The van der Waals surface area contributed by atoms with Crippen molar-refractivity contribution in [3.63, 3.8) is 0 Å². The van der Waals surface area contributed by atoms with Crippen molar-refractivity contribution in [3.05, 3.63) is 16.5 Å². The molecule has 84 valence electrons. The predicted molar refractivity (Wildman–Crippen MR) is 66.0 cm³/mol. The van der Waals surface area contributed by atoms with Crippen LogP contribution in [0, 0.1) is 0 Å². The van der Waals surface area contributed by atoms with Gasteiger partial charge in [0.1, 0.15) is 11.6 Å². The summed E-state index contributed by atoms with van der Waals surface area (Å²) < 4.78 is 0.893. The van der Waals surface area contributed by atoms with Crippen LogP contribution in [0.4, 0.5) is 5.82 Å². The first kappa shape index (κ1) is 12.4. The van der Waals surface area contributed by atoms with Gasteiger partial charge in [-0.15, -0.1) is 0 Å². The molecule has 3 N–H and O–H groups in total. The highest BCUT2D eigenvalue weighted by molar-refractivity contribution is 9.10. The van der Waals surface area contributed by atoms with Crippen molar-refractivity contribution in [2.45, 2.75) is 26.2 Å². The SMILES string of the molecule is CC(C)c1ncc(Br)c(NCCCN)n1. The lowest BCUT2D eigenvalue weighted by Crippen LogP contribution is -2.11. The highest BCUT2D eigenvalue weighted by Gasteiger charge is 2.07. The lowest BCUT2D eigenvalue weighted by atomic mass is 10.2. The molecule has 0 atom stereocenters. The van der Waals surface area contributed by atoms with E-state index in [0.717, 1.165) is 29.1 Å². The van der Waals surface area contributed by atoms with Crippen molar-refractivity contribution in [3.8, 4) is 0 Å². The Morgan fingerprint density at radius 3 is 2.87 bits per heavy atom. The number of rotatable bonds is 5. The van der Waals surface area contributed by atoms with Crippen LogP contribution in [0.1, 0.15) is 32.0 Å². The number of hydrogen-bond donors (Lipinski definition) is 2. The van der Waals surface area contributed by atoms with Gasteiger partial charge in [-0.05, 0) is 28.9 Å². The molecule has 0 fully saturated rings. The van der Waals surface area contributed by atoms with E-state index >= 15 is 0 Å². The second-order valence-corrected chi connectivity index (χ2v) is 4.50. The van der Waals surface area contributed by atoms with Crippen molar-refractivity contribution < 1.29 is 0 Å². The van der Waals surface area contributed by atoms with Gasteiger partial charge in [0.05, 0.1) is 4.47 Å². The molecule has 1 aromatic heterocycles. The van der Waals surface area contributed by atoms with Crippen molar-refractivity contribution in [1.82, 2.24) is 9.97 Å². The lowest BCUT2D eigenvalue weighted by Gasteiger charge is -2.09. The summed E-state index contributed by atoms with van der Waals surface area (Å²) in [5.41, 5.74) is 5.42. The van der Waals surface area contributed by atoms with Crippen LogP contribution in [-0.4, -0.2) is 23.1 Å². The topological polar surface area (TPSA) is 63.8 Å². The minimum absolute atomic E-state index is 0.341. The first-order valence-electron chi connectivity index (χ1n) is 5.11. The third-order valence-corrected chi connectivity index (χ3v) is 2.53. The Hall–Kier alpha value is -0.680. The molecule has 0 aliphatic rings. The Morgan fingerprint density at radius 1 is 1.53 bits per heavy atom. The van der Waals surface area contributed by atoms with Crippen LogP contribution in [0.5, 0.6) is 0 Å². The van der Waals surface area contributed by atoms with Gasteiger partial charge in [-0.25, -0.2) is 9.97 Å². The maximum absolute atomic E-state index is 5.42. The summed E-state index contributed by atoms with van der Waals surface area (Å²) in [6, 6.07) is 0. The van der Waals surface area contributed by atoms with Crippen LogP contribution < -0.4 is 11.1 Å². The van der Waals surface area contributed by atoms with E-state index < -0.39 is 0 Å². The summed E-state index contributed by atoms with van der Waals surface area (Å²) in [5, 5.41) is 3.23. The third-order valence-electron chi connectivity index (χ3n) is 1.95. The molecule has 0 unspecified atom stereocenters. The summed E-state index contributed by atoms with van der Waals surface area (Å²) in [5.74, 6) is 2.05. The molecule has 0 saturated carbocycles. The summed E-state index contributed by atoms with van der Waals surface area (Å²) in [6.07, 6.45) is 2.72. The maximum atomic E-state index is 5.42. The van der Waals surface area contributed by atoms with Crippen molar-refractivity contribution in [2.24, 2.45) is 5.73 Å². The molecule has 0 amide bonds. The molecule has 1 aromatic rings. The van der Waals surface area contributed by atoms with E-state index in [0.29, 0.717) is 12.5 Å². The van der Waals surface area contributed by atoms with Gasteiger partial charge in [0.25, 0.3) is 0 Å². The number of nitrogens with one attached hydrogen (secondary N) is 1. The molecule has 0 spiro atoms. The lowest BCUT2D eigenvalue weighted by molar-refractivity contribution is 0.770. The summed E-state index contributed by atoms with van der Waals surface area (Å²) >= 11 is 3.41. The molecule has 1 rings (SSSR count). The van der Waals surface area contributed by atoms with Crippen LogP contribution in [0.15, 0.2) is 10.7 Å². The fourth-order valence-electron chi connectivity index (χ4n) is 1.09. The van der Waals surface area contributed by atoms with Crippen LogP contribution in [-0.2, 0) is 0 Å². The quantitative estimate of drug-likeness (QED) is 0.807. The standard InChI is InChI=1S/C10H17BrN4/c1-7(2)9-14-6-8(11)10(15-9)13-5-3-4-12/h6-7H,3-5,12H2,1-2H3,(H,13,14,15). The molecule has 1 heterocycles. The zero-order valence-corrected chi connectivity index (χ0v) is 10.7. The van der Waals surface area contributed by atoms with Crippen LogP contribution in [0.3, 0.4) is 0 Å². The van der Waals surface area contributed by atoms with Gasteiger partial charge >= 0.3 is 0 Å². The van der Waals surface area contributed by atoms with Gasteiger partial charge in [-0.3, -0.25) is 0 Å². The fraction of sp³-hybridized carbons (Fsp3) is 0.600. The van der Waals surface area contributed by atoms with E-state index in [1.165, 1.54) is 0 Å². The Kier molecular flexibility index (Phi) is 4.98. The summed E-state index contributed by atoms with van der Waals surface area (Å²) in [7, 11) is 0. The number of nitrogens with two attached hydrogens (primary N) is 1. The molecule has 4 nitrogen and oxygen atoms in total. The van der Waals surface area contributed by atoms with Gasteiger partial charge < -0.3 is 11.1 Å². The normalized spacial score (nSPS) is 10.7. The largest absolute Gasteiger partial charge is 0.369 e. The van der Waals surface area contributed by atoms with Gasteiger partial charge in [0.2, 0.25) is 0 Å². The predicted octanol–water partition coefficient (Wildman–Crippen LogP) is 2.12. The molecular weight excluding hydrogens is 256 g/mol. The number of nitrogens with zero attached hydrogens (tertiary/aromatic N) is 2. The highest BCUT2D eigenvalue weighted by Crippen LogP contribution is 2.20. The smallest absolute Gasteiger partial charge is 0.144 e.